The number of benzene rings is 1. The molecule has 88 valence electrons. The van der Waals surface area contributed by atoms with Crippen LogP contribution in [0.5, 0.6) is 5.75 Å². The van der Waals surface area contributed by atoms with Gasteiger partial charge >= 0.3 is 0 Å². The normalized spacial score (nSPS) is 13.1. The molecule has 0 aliphatic heterocycles. The van der Waals surface area contributed by atoms with Crippen LogP contribution in [0.4, 0.5) is 0 Å². The smallest absolute Gasteiger partial charge is 0.119 e. The summed E-state index contributed by atoms with van der Waals surface area (Å²) in [6, 6.07) is 6.49. The first kappa shape index (κ1) is 11.5. The van der Waals surface area contributed by atoms with Gasteiger partial charge in [-0.3, -0.25) is 0 Å². The molecule has 2 N–H and O–H groups in total. The van der Waals surface area contributed by atoms with Gasteiger partial charge in [0.25, 0.3) is 0 Å². The molecule has 16 heavy (non-hydrogen) atoms. The van der Waals surface area contributed by atoms with Crippen molar-refractivity contribution in [1.29, 1.82) is 0 Å². The van der Waals surface area contributed by atoms with Crippen molar-refractivity contribution in [3.8, 4) is 5.75 Å². The highest BCUT2D eigenvalue weighted by molar-refractivity contribution is 5.41. The molecule has 0 saturated heterocycles. The van der Waals surface area contributed by atoms with Crippen molar-refractivity contribution < 1.29 is 4.74 Å². The molecule has 0 atom stereocenters. The number of rotatable bonds is 7. The van der Waals surface area contributed by atoms with E-state index in [4.69, 9.17) is 10.5 Å². The fraction of sp³-hybridized carbons (Fsp3) is 0.571. The number of aryl methyl sites for hydroxylation is 2. The minimum absolute atomic E-state index is 0.811. The summed E-state index contributed by atoms with van der Waals surface area (Å²) in [4.78, 5) is 0. The average molecular weight is 219 g/mol. The molecule has 1 aromatic rings. The summed E-state index contributed by atoms with van der Waals surface area (Å²) in [7, 11) is 0. The van der Waals surface area contributed by atoms with Crippen molar-refractivity contribution in [2.75, 3.05) is 13.2 Å². The van der Waals surface area contributed by atoms with Gasteiger partial charge in [0, 0.05) is 0 Å². The summed E-state index contributed by atoms with van der Waals surface area (Å²) < 4.78 is 5.72. The first-order chi connectivity index (χ1) is 7.90. The van der Waals surface area contributed by atoms with E-state index in [1.165, 1.54) is 36.8 Å². The maximum atomic E-state index is 5.72. The van der Waals surface area contributed by atoms with Crippen LogP contribution >= 0.6 is 0 Å². The standard InChI is InChI=1S/C14H21NO/c15-9-3-1-2-4-10-16-14-8-7-12-5-6-13(12)11-14/h7-8,11H,1-6,9-10,15H2. The molecule has 0 unspecified atom stereocenters. The fourth-order valence-corrected chi connectivity index (χ4v) is 2.05. The second-order valence-corrected chi connectivity index (χ2v) is 4.48. The van der Waals surface area contributed by atoms with Crippen LogP contribution in [-0.2, 0) is 12.8 Å². The summed E-state index contributed by atoms with van der Waals surface area (Å²) in [6.07, 6.45) is 7.19. The van der Waals surface area contributed by atoms with Crippen LogP contribution in [-0.4, -0.2) is 13.2 Å². The molecule has 0 heterocycles. The zero-order valence-corrected chi connectivity index (χ0v) is 9.87. The molecular weight excluding hydrogens is 198 g/mol. The van der Waals surface area contributed by atoms with Crippen molar-refractivity contribution in [2.24, 2.45) is 5.73 Å². The summed E-state index contributed by atoms with van der Waals surface area (Å²) in [5.41, 5.74) is 8.41. The van der Waals surface area contributed by atoms with Gasteiger partial charge in [-0.1, -0.05) is 18.9 Å². The summed E-state index contributed by atoms with van der Waals surface area (Å²) in [5.74, 6) is 1.04. The molecule has 0 fully saturated rings. The molecular formula is C14H21NO. The maximum Gasteiger partial charge on any atom is 0.119 e. The van der Waals surface area contributed by atoms with Gasteiger partial charge in [-0.05, 0) is 55.5 Å². The van der Waals surface area contributed by atoms with Gasteiger partial charge in [-0.15, -0.1) is 0 Å². The zero-order valence-electron chi connectivity index (χ0n) is 9.87. The second kappa shape index (κ2) is 5.90. The molecule has 1 aliphatic carbocycles. The molecule has 2 heteroatoms. The van der Waals surface area contributed by atoms with Crippen LogP contribution in [0.2, 0.25) is 0 Å². The molecule has 0 radical (unpaired) electrons. The number of unbranched alkanes of at least 4 members (excludes halogenated alkanes) is 3. The van der Waals surface area contributed by atoms with Crippen molar-refractivity contribution in [1.82, 2.24) is 0 Å². The highest BCUT2D eigenvalue weighted by Crippen LogP contribution is 2.26. The molecule has 0 aromatic heterocycles. The van der Waals surface area contributed by atoms with Crippen LogP contribution in [0.1, 0.15) is 36.8 Å². The Labute approximate surface area is 97.8 Å². The largest absolute Gasteiger partial charge is 0.494 e. The third-order valence-corrected chi connectivity index (χ3v) is 3.21. The molecule has 0 saturated carbocycles. The second-order valence-electron chi connectivity index (χ2n) is 4.48. The third-order valence-electron chi connectivity index (χ3n) is 3.21. The predicted octanol–water partition coefficient (Wildman–Crippen LogP) is 2.68. The van der Waals surface area contributed by atoms with Crippen LogP contribution in [0.25, 0.3) is 0 Å². The minimum Gasteiger partial charge on any atom is -0.494 e. The highest BCUT2D eigenvalue weighted by atomic mass is 16.5. The number of ether oxygens (including phenoxy) is 1. The van der Waals surface area contributed by atoms with Crippen LogP contribution in [0, 0.1) is 0 Å². The van der Waals surface area contributed by atoms with E-state index in [-0.39, 0.29) is 0 Å². The monoisotopic (exact) mass is 219 g/mol. The molecule has 0 bridgehead atoms. The van der Waals surface area contributed by atoms with E-state index < -0.39 is 0 Å². The van der Waals surface area contributed by atoms with E-state index in [2.05, 4.69) is 18.2 Å². The van der Waals surface area contributed by atoms with Crippen molar-refractivity contribution in [2.45, 2.75) is 38.5 Å². The van der Waals surface area contributed by atoms with Gasteiger partial charge in [0.1, 0.15) is 5.75 Å². The van der Waals surface area contributed by atoms with E-state index in [9.17, 15) is 0 Å². The van der Waals surface area contributed by atoms with E-state index >= 15 is 0 Å². The third kappa shape index (κ3) is 2.99. The Balaban J connectivity index is 1.63. The van der Waals surface area contributed by atoms with E-state index in [0.29, 0.717) is 0 Å². The predicted molar refractivity (Wildman–Crippen MR) is 66.9 cm³/mol. The van der Waals surface area contributed by atoms with Gasteiger partial charge in [0.05, 0.1) is 6.61 Å². The number of nitrogens with two attached hydrogens (primary N) is 1. The van der Waals surface area contributed by atoms with Gasteiger partial charge in [0.2, 0.25) is 0 Å². The van der Waals surface area contributed by atoms with E-state index in [1.54, 1.807) is 0 Å². The topological polar surface area (TPSA) is 35.2 Å². The van der Waals surface area contributed by atoms with Crippen LogP contribution in [0.15, 0.2) is 18.2 Å². The SMILES string of the molecule is NCCCCCCOc1ccc2c(c1)CC2. The lowest BCUT2D eigenvalue weighted by Gasteiger charge is -2.19. The lowest BCUT2D eigenvalue weighted by atomic mass is 9.89. The quantitative estimate of drug-likeness (QED) is 0.716. The Morgan fingerprint density at radius 3 is 2.50 bits per heavy atom. The van der Waals surface area contributed by atoms with E-state index in [1.807, 2.05) is 0 Å². The fourth-order valence-electron chi connectivity index (χ4n) is 2.05. The Hall–Kier alpha value is -1.02. The Morgan fingerprint density at radius 2 is 1.81 bits per heavy atom. The first-order valence-corrected chi connectivity index (χ1v) is 6.35. The minimum atomic E-state index is 0.811. The Bertz CT molecular complexity index is 336. The van der Waals surface area contributed by atoms with Crippen molar-refractivity contribution in [3.05, 3.63) is 29.3 Å². The molecule has 0 amide bonds. The molecule has 1 aromatic carbocycles. The average Bonchev–Trinajstić information content (AvgIpc) is 2.26. The van der Waals surface area contributed by atoms with Crippen molar-refractivity contribution >= 4 is 0 Å². The van der Waals surface area contributed by atoms with Crippen LogP contribution in [0.3, 0.4) is 0 Å². The van der Waals surface area contributed by atoms with Crippen LogP contribution < -0.4 is 10.5 Å². The number of hydrogen-bond donors (Lipinski definition) is 1. The molecule has 0 spiro atoms. The maximum absolute atomic E-state index is 5.72. The molecule has 2 rings (SSSR count). The zero-order chi connectivity index (χ0) is 11.2. The van der Waals surface area contributed by atoms with Crippen molar-refractivity contribution in [3.63, 3.8) is 0 Å². The first-order valence-electron chi connectivity index (χ1n) is 6.35. The highest BCUT2D eigenvalue weighted by Gasteiger charge is 2.12. The lowest BCUT2D eigenvalue weighted by molar-refractivity contribution is 0.304. The Kier molecular flexibility index (Phi) is 4.23. The Morgan fingerprint density at radius 1 is 1.00 bits per heavy atom. The summed E-state index contributed by atoms with van der Waals surface area (Å²) >= 11 is 0. The molecule has 1 aliphatic rings. The number of fused-ring (bicyclic) bond motifs is 1. The number of hydrogen-bond acceptors (Lipinski definition) is 2. The van der Waals surface area contributed by atoms with Gasteiger partial charge in [0.15, 0.2) is 0 Å². The summed E-state index contributed by atoms with van der Waals surface area (Å²) in [5, 5.41) is 0. The summed E-state index contributed by atoms with van der Waals surface area (Å²) in [6.45, 7) is 1.65. The lowest BCUT2D eigenvalue weighted by Crippen LogP contribution is -2.08. The van der Waals surface area contributed by atoms with Gasteiger partial charge in [-0.25, -0.2) is 0 Å². The van der Waals surface area contributed by atoms with Gasteiger partial charge in [-0.2, -0.15) is 0 Å². The molecule has 2 nitrogen and oxygen atoms in total. The van der Waals surface area contributed by atoms with E-state index in [0.717, 1.165) is 31.7 Å². The van der Waals surface area contributed by atoms with Gasteiger partial charge < -0.3 is 10.5 Å².